The Morgan fingerprint density at radius 3 is 1.41 bits per heavy atom. The van der Waals surface area contributed by atoms with Crippen molar-refractivity contribution in [1.29, 1.82) is 0 Å². The molecule has 6 nitrogen and oxygen atoms in total. The Hall–Kier alpha value is -1.40. The van der Waals surface area contributed by atoms with Crippen LogP contribution in [0.1, 0.15) is 25.7 Å². The van der Waals surface area contributed by atoms with E-state index in [0.29, 0.717) is 13.2 Å². The number of unbranched alkanes of at least 4 members (excludes halogenated alkanes) is 2. The van der Waals surface area contributed by atoms with E-state index in [9.17, 15) is 9.59 Å². The maximum absolute atomic E-state index is 11.4. The first-order chi connectivity index (χ1) is 10.4. The first kappa shape index (κ1) is 20.6. The van der Waals surface area contributed by atoms with E-state index in [1.165, 1.54) is 0 Å². The minimum absolute atomic E-state index is 0.372. The number of carbonyl (C=O) groups excluding carboxylic acids is 2. The van der Waals surface area contributed by atoms with Gasteiger partial charge in [-0.05, 0) is 67.0 Å². The number of rotatable bonds is 12. The Labute approximate surface area is 134 Å². The molecule has 128 valence electrons. The van der Waals surface area contributed by atoms with Gasteiger partial charge in [-0.15, -0.1) is 0 Å². The van der Waals surface area contributed by atoms with Crippen molar-refractivity contribution in [3.05, 3.63) is 12.2 Å². The molecular formula is C16H30N2O4. The molecule has 6 heteroatoms. The smallest absolute Gasteiger partial charge is 0.331 e. The van der Waals surface area contributed by atoms with Crippen molar-refractivity contribution in [1.82, 2.24) is 9.80 Å². The molecular weight excluding hydrogens is 284 g/mol. The molecule has 0 spiro atoms. The van der Waals surface area contributed by atoms with Gasteiger partial charge in [-0.3, -0.25) is 0 Å². The fourth-order valence-electron chi connectivity index (χ4n) is 1.64. The molecule has 0 aromatic heterocycles. The highest BCUT2D eigenvalue weighted by molar-refractivity contribution is 5.91. The molecule has 0 saturated heterocycles. The Kier molecular flexibility index (Phi) is 12.4. The average Bonchev–Trinajstić information content (AvgIpc) is 2.43. The van der Waals surface area contributed by atoms with Gasteiger partial charge in [-0.1, -0.05) is 0 Å². The molecule has 0 aromatic carbocycles. The van der Waals surface area contributed by atoms with Crippen LogP contribution in [0.2, 0.25) is 0 Å². The zero-order chi connectivity index (χ0) is 16.8. The Morgan fingerprint density at radius 2 is 1.09 bits per heavy atom. The van der Waals surface area contributed by atoms with E-state index in [4.69, 9.17) is 9.47 Å². The lowest BCUT2D eigenvalue weighted by atomic mass is 10.3. The summed E-state index contributed by atoms with van der Waals surface area (Å²) in [4.78, 5) is 26.9. The molecule has 0 aliphatic carbocycles. The van der Waals surface area contributed by atoms with Crippen LogP contribution >= 0.6 is 0 Å². The molecule has 0 unspecified atom stereocenters. The van der Waals surface area contributed by atoms with Crippen LogP contribution in [-0.2, 0) is 19.1 Å². The van der Waals surface area contributed by atoms with Crippen molar-refractivity contribution in [3.63, 3.8) is 0 Å². The van der Waals surface area contributed by atoms with Gasteiger partial charge in [0.05, 0.1) is 13.2 Å². The molecule has 0 aliphatic rings. The molecule has 0 radical (unpaired) electrons. The van der Waals surface area contributed by atoms with Crippen LogP contribution in [0.4, 0.5) is 0 Å². The molecule has 0 atom stereocenters. The molecule has 0 rings (SSSR count). The number of nitrogens with zero attached hydrogens (tertiary/aromatic N) is 2. The second-order valence-electron chi connectivity index (χ2n) is 5.69. The summed E-state index contributed by atoms with van der Waals surface area (Å²) in [6.07, 6.45) is 5.81. The number of ether oxygens (including phenoxy) is 2. The zero-order valence-corrected chi connectivity index (χ0v) is 14.3. The lowest BCUT2D eigenvalue weighted by molar-refractivity contribution is -0.140. The first-order valence-corrected chi connectivity index (χ1v) is 7.73. The quantitative estimate of drug-likeness (QED) is 0.307. The lowest BCUT2D eigenvalue weighted by Crippen LogP contribution is -2.14. The predicted molar refractivity (Wildman–Crippen MR) is 86.6 cm³/mol. The highest BCUT2D eigenvalue weighted by atomic mass is 16.5. The number of hydrogen-bond donors (Lipinski definition) is 0. The second kappa shape index (κ2) is 13.3. The van der Waals surface area contributed by atoms with E-state index >= 15 is 0 Å². The molecule has 0 saturated carbocycles. The third-order valence-corrected chi connectivity index (χ3v) is 2.84. The highest BCUT2D eigenvalue weighted by Gasteiger charge is 2.01. The predicted octanol–water partition coefficient (Wildman–Crippen LogP) is 1.31. The summed E-state index contributed by atoms with van der Waals surface area (Å²) in [5.41, 5.74) is 0. The van der Waals surface area contributed by atoms with Gasteiger partial charge < -0.3 is 19.3 Å². The van der Waals surface area contributed by atoms with Gasteiger partial charge in [-0.2, -0.15) is 0 Å². The van der Waals surface area contributed by atoms with E-state index in [-0.39, 0.29) is 0 Å². The number of carbonyl (C=O) groups is 2. The molecule has 0 aliphatic heterocycles. The van der Waals surface area contributed by atoms with Crippen molar-refractivity contribution in [2.45, 2.75) is 25.7 Å². The maximum atomic E-state index is 11.4. The molecule has 0 heterocycles. The van der Waals surface area contributed by atoms with E-state index in [1.807, 2.05) is 28.2 Å². The summed E-state index contributed by atoms with van der Waals surface area (Å²) in [5.74, 6) is -1.01. The Bertz CT molecular complexity index is 309. The van der Waals surface area contributed by atoms with Crippen LogP contribution in [-0.4, -0.2) is 76.2 Å². The lowest BCUT2D eigenvalue weighted by Gasteiger charge is -2.08. The third kappa shape index (κ3) is 15.0. The van der Waals surface area contributed by atoms with Crippen molar-refractivity contribution in [2.75, 3.05) is 54.5 Å². The molecule has 0 amide bonds. The SMILES string of the molecule is CN(C)CCCCOC(=O)C=CC(=O)OCCCCN(C)C. The summed E-state index contributed by atoms with van der Waals surface area (Å²) >= 11 is 0. The second-order valence-corrected chi connectivity index (χ2v) is 5.69. The van der Waals surface area contributed by atoms with E-state index in [2.05, 4.69) is 9.80 Å². The van der Waals surface area contributed by atoms with Crippen LogP contribution in [0.3, 0.4) is 0 Å². The Balaban J connectivity index is 3.59. The van der Waals surface area contributed by atoms with Crippen LogP contribution in [0.25, 0.3) is 0 Å². The summed E-state index contributed by atoms with van der Waals surface area (Å²) in [6, 6.07) is 0. The summed E-state index contributed by atoms with van der Waals surface area (Å²) < 4.78 is 9.97. The van der Waals surface area contributed by atoms with Gasteiger partial charge in [0, 0.05) is 12.2 Å². The van der Waals surface area contributed by atoms with Gasteiger partial charge in [0.25, 0.3) is 0 Å². The topological polar surface area (TPSA) is 59.1 Å². The fourth-order valence-corrected chi connectivity index (χ4v) is 1.64. The average molecular weight is 314 g/mol. The standard InChI is InChI=1S/C16H30N2O4/c1-17(2)11-5-7-13-21-15(19)9-10-16(20)22-14-8-6-12-18(3)4/h9-10H,5-8,11-14H2,1-4H3. The van der Waals surface area contributed by atoms with Gasteiger partial charge in [0.15, 0.2) is 0 Å². The summed E-state index contributed by atoms with van der Waals surface area (Å²) in [5, 5.41) is 0. The minimum Gasteiger partial charge on any atom is -0.463 e. The third-order valence-electron chi connectivity index (χ3n) is 2.84. The summed E-state index contributed by atoms with van der Waals surface area (Å²) in [6.45, 7) is 2.67. The highest BCUT2D eigenvalue weighted by Crippen LogP contribution is 1.95. The van der Waals surface area contributed by atoms with Crippen molar-refractivity contribution in [3.8, 4) is 0 Å². The van der Waals surface area contributed by atoms with Crippen molar-refractivity contribution < 1.29 is 19.1 Å². The normalized spacial score (nSPS) is 11.4. The van der Waals surface area contributed by atoms with Gasteiger partial charge >= 0.3 is 11.9 Å². The molecule has 0 aromatic rings. The first-order valence-electron chi connectivity index (χ1n) is 7.73. The minimum atomic E-state index is -0.505. The molecule has 0 fully saturated rings. The maximum Gasteiger partial charge on any atom is 0.331 e. The summed E-state index contributed by atoms with van der Waals surface area (Å²) in [7, 11) is 8.00. The Morgan fingerprint density at radius 1 is 0.727 bits per heavy atom. The molecule has 0 N–H and O–H groups in total. The zero-order valence-electron chi connectivity index (χ0n) is 14.3. The number of esters is 2. The van der Waals surface area contributed by atoms with E-state index in [1.54, 1.807) is 0 Å². The monoisotopic (exact) mass is 314 g/mol. The van der Waals surface area contributed by atoms with Gasteiger partial charge in [0.2, 0.25) is 0 Å². The fraction of sp³-hybridized carbons (Fsp3) is 0.750. The number of hydrogen-bond acceptors (Lipinski definition) is 6. The van der Waals surface area contributed by atoms with Gasteiger partial charge in [-0.25, -0.2) is 9.59 Å². The van der Waals surface area contributed by atoms with E-state index < -0.39 is 11.9 Å². The largest absolute Gasteiger partial charge is 0.463 e. The van der Waals surface area contributed by atoms with Crippen LogP contribution in [0, 0.1) is 0 Å². The van der Waals surface area contributed by atoms with Crippen molar-refractivity contribution in [2.24, 2.45) is 0 Å². The molecule has 0 bridgehead atoms. The van der Waals surface area contributed by atoms with Crippen LogP contribution in [0.5, 0.6) is 0 Å². The van der Waals surface area contributed by atoms with Crippen LogP contribution < -0.4 is 0 Å². The molecule has 22 heavy (non-hydrogen) atoms. The van der Waals surface area contributed by atoms with E-state index in [0.717, 1.165) is 50.9 Å². The van der Waals surface area contributed by atoms with Crippen LogP contribution in [0.15, 0.2) is 12.2 Å². The van der Waals surface area contributed by atoms with Gasteiger partial charge in [0.1, 0.15) is 0 Å². The van der Waals surface area contributed by atoms with Crippen molar-refractivity contribution >= 4 is 11.9 Å².